The fraction of sp³-hybridized carbons (Fsp3) is 0.917. The molecule has 0 heterocycles. The van der Waals surface area contributed by atoms with E-state index in [9.17, 15) is 4.79 Å². The van der Waals surface area contributed by atoms with Crippen LogP contribution in [0.2, 0.25) is 0 Å². The topological polar surface area (TPSA) is 55.6 Å². The average molecular weight is 228 g/mol. The summed E-state index contributed by atoms with van der Waals surface area (Å²) in [5.41, 5.74) is 5.55. The van der Waals surface area contributed by atoms with Gasteiger partial charge in [-0.1, -0.05) is 0 Å². The molecule has 0 saturated heterocycles. The van der Waals surface area contributed by atoms with Crippen molar-refractivity contribution in [2.24, 2.45) is 5.73 Å². The van der Waals surface area contributed by atoms with Crippen molar-refractivity contribution in [3.63, 3.8) is 0 Å². The molecule has 0 aromatic heterocycles. The first-order valence-corrected chi connectivity index (χ1v) is 6.21. The third-order valence-electron chi connectivity index (χ3n) is 3.37. The summed E-state index contributed by atoms with van der Waals surface area (Å²) in [6.07, 6.45) is 5.06. The highest BCUT2D eigenvalue weighted by Gasteiger charge is 2.27. The Balaban J connectivity index is 2.34. The summed E-state index contributed by atoms with van der Waals surface area (Å²) < 4.78 is 5.15. The van der Waals surface area contributed by atoms with E-state index in [4.69, 9.17) is 10.5 Å². The van der Waals surface area contributed by atoms with Crippen molar-refractivity contribution in [2.45, 2.75) is 51.2 Å². The predicted molar refractivity (Wildman–Crippen MR) is 64.1 cm³/mol. The quantitative estimate of drug-likeness (QED) is 0.711. The van der Waals surface area contributed by atoms with Gasteiger partial charge >= 0.3 is 0 Å². The molecule has 1 rings (SSSR count). The van der Waals surface area contributed by atoms with Gasteiger partial charge in [-0.3, -0.25) is 4.79 Å². The minimum absolute atomic E-state index is 0.157. The molecule has 1 unspecified atom stereocenters. The minimum Gasteiger partial charge on any atom is -0.382 e. The van der Waals surface area contributed by atoms with Crippen LogP contribution in [0, 0.1) is 0 Å². The fourth-order valence-corrected chi connectivity index (χ4v) is 1.94. The smallest absolute Gasteiger partial charge is 0.222 e. The van der Waals surface area contributed by atoms with Gasteiger partial charge in [0.15, 0.2) is 0 Å². The highest BCUT2D eigenvalue weighted by Crippen LogP contribution is 2.25. The largest absolute Gasteiger partial charge is 0.382 e. The van der Waals surface area contributed by atoms with Crippen LogP contribution in [0.15, 0.2) is 0 Å². The van der Waals surface area contributed by atoms with Crippen molar-refractivity contribution in [1.29, 1.82) is 0 Å². The van der Waals surface area contributed by atoms with Crippen LogP contribution < -0.4 is 5.73 Å². The number of methoxy groups -OCH3 is 1. The van der Waals surface area contributed by atoms with Crippen LogP contribution in [-0.2, 0) is 9.53 Å². The Morgan fingerprint density at radius 3 is 2.69 bits per heavy atom. The Hall–Kier alpha value is -0.610. The van der Waals surface area contributed by atoms with Gasteiger partial charge in [0.05, 0.1) is 6.10 Å². The number of nitrogens with two attached hydrogens (primary N) is 1. The number of ether oxygens (including phenoxy) is 1. The van der Waals surface area contributed by atoms with E-state index in [1.807, 2.05) is 11.8 Å². The maximum atomic E-state index is 12.0. The fourth-order valence-electron chi connectivity index (χ4n) is 1.94. The van der Waals surface area contributed by atoms with Gasteiger partial charge in [0.1, 0.15) is 0 Å². The third-order valence-corrected chi connectivity index (χ3v) is 3.37. The van der Waals surface area contributed by atoms with Gasteiger partial charge in [-0.05, 0) is 32.6 Å². The Labute approximate surface area is 98.1 Å². The second kappa shape index (κ2) is 6.86. The molecule has 1 amide bonds. The van der Waals surface area contributed by atoms with Crippen LogP contribution in [-0.4, -0.2) is 43.2 Å². The standard InChI is InChI=1S/C12H24N2O2/c1-10(16-2)6-7-12(15)14(9-8-13)11-4-3-5-11/h10-11H,3-9,13H2,1-2H3. The van der Waals surface area contributed by atoms with E-state index in [2.05, 4.69) is 0 Å². The zero-order valence-electron chi connectivity index (χ0n) is 10.4. The number of amides is 1. The van der Waals surface area contributed by atoms with Crippen molar-refractivity contribution in [3.05, 3.63) is 0 Å². The van der Waals surface area contributed by atoms with Crippen molar-refractivity contribution in [1.82, 2.24) is 4.90 Å². The number of hydrogen-bond acceptors (Lipinski definition) is 3. The Kier molecular flexibility index (Phi) is 5.77. The molecule has 0 spiro atoms. The molecule has 2 N–H and O–H groups in total. The Morgan fingerprint density at radius 2 is 2.25 bits per heavy atom. The number of hydrogen-bond donors (Lipinski definition) is 1. The zero-order chi connectivity index (χ0) is 12.0. The van der Waals surface area contributed by atoms with Crippen molar-refractivity contribution in [3.8, 4) is 0 Å². The molecule has 94 valence electrons. The van der Waals surface area contributed by atoms with E-state index in [-0.39, 0.29) is 12.0 Å². The first kappa shape index (κ1) is 13.5. The van der Waals surface area contributed by atoms with Gasteiger partial charge in [0.2, 0.25) is 5.91 Å². The number of carbonyl (C=O) groups excluding carboxylic acids is 1. The molecule has 4 nitrogen and oxygen atoms in total. The molecule has 0 aromatic rings. The summed E-state index contributed by atoms with van der Waals surface area (Å²) in [6, 6.07) is 0.453. The summed E-state index contributed by atoms with van der Waals surface area (Å²) in [5.74, 6) is 0.235. The summed E-state index contributed by atoms with van der Waals surface area (Å²) in [6.45, 7) is 3.25. The van der Waals surface area contributed by atoms with E-state index in [0.717, 1.165) is 19.3 Å². The van der Waals surface area contributed by atoms with Gasteiger partial charge in [0, 0.05) is 32.7 Å². The van der Waals surface area contributed by atoms with E-state index < -0.39 is 0 Å². The SMILES string of the molecule is COC(C)CCC(=O)N(CCN)C1CCC1. The van der Waals surface area contributed by atoms with Crippen molar-refractivity contribution >= 4 is 5.91 Å². The summed E-state index contributed by atoms with van der Waals surface area (Å²) in [5, 5.41) is 0. The first-order valence-electron chi connectivity index (χ1n) is 6.21. The van der Waals surface area contributed by atoms with E-state index >= 15 is 0 Å². The van der Waals surface area contributed by atoms with Crippen molar-refractivity contribution in [2.75, 3.05) is 20.2 Å². The van der Waals surface area contributed by atoms with Crippen molar-refractivity contribution < 1.29 is 9.53 Å². The van der Waals surface area contributed by atoms with E-state index in [1.54, 1.807) is 7.11 Å². The molecular weight excluding hydrogens is 204 g/mol. The van der Waals surface area contributed by atoms with E-state index in [1.165, 1.54) is 6.42 Å². The molecule has 1 aliphatic carbocycles. The molecule has 1 saturated carbocycles. The van der Waals surface area contributed by atoms with Gasteiger partial charge in [-0.25, -0.2) is 0 Å². The number of rotatable bonds is 7. The molecular formula is C12H24N2O2. The molecule has 1 atom stereocenters. The Bertz CT molecular complexity index is 217. The molecule has 0 radical (unpaired) electrons. The predicted octanol–water partition coefficient (Wildman–Crippen LogP) is 1.14. The second-order valence-electron chi connectivity index (χ2n) is 4.55. The molecule has 1 fully saturated rings. The molecule has 4 heteroatoms. The van der Waals surface area contributed by atoms with E-state index in [0.29, 0.717) is 25.6 Å². The lowest BCUT2D eigenvalue weighted by Gasteiger charge is -2.37. The molecule has 0 bridgehead atoms. The van der Waals surface area contributed by atoms with Gasteiger partial charge in [-0.2, -0.15) is 0 Å². The lowest BCUT2D eigenvalue weighted by molar-refractivity contribution is -0.135. The average Bonchev–Trinajstić information content (AvgIpc) is 2.22. The second-order valence-corrected chi connectivity index (χ2v) is 4.55. The Morgan fingerprint density at radius 1 is 1.56 bits per heavy atom. The van der Waals surface area contributed by atoms with Gasteiger partial charge < -0.3 is 15.4 Å². The highest BCUT2D eigenvalue weighted by molar-refractivity contribution is 5.76. The van der Waals surface area contributed by atoms with Gasteiger partial charge in [-0.15, -0.1) is 0 Å². The van der Waals surface area contributed by atoms with Crippen LogP contribution in [0.3, 0.4) is 0 Å². The zero-order valence-corrected chi connectivity index (χ0v) is 10.4. The van der Waals surface area contributed by atoms with Gasteiger partial charge in [0.25, 0.3) is 0 Å². The maximum absolute atomic E-state index is 12.0. The lowest BCUT2D eigenvalue weighted by Crippen LogP contribution is -2.46. The highest BCUT2D eigenvalue weighted by atomic mass is 16.5. The summed E-state index contributed by atoms with van der Waals surface area (Å²) >= 11 is 0. The molecule has 1 aliphatic rings. The maximum Gasteiger partial charge on any atom is 0.222 e. The summed E-state index contributed by atoms with van der Waals surface area (Å²) in [7, 11) is 1.68. The third kappa shape index (κ3) is 3.76. The van der Waals surface area contributed by atoms with Crippen LogP contribution >= 0.6 is 0 Å². The minimum atomic E-state index is 0.157. The van der Waals surface area contributed by atoms with Crippen LogP contribution in [0.1, 0.15) is 39.0 Å². The normalized spacial score (nSPS) is 17.9. The van der Waals surface area contributed by atoms with Crippen LogP contribution in [0.25, 0.3) is 0 Å². The lowest BCUT2D eigenvalue weighted by atomic mass is 9.91. The number of carbonyl (C=O) groups is 1. The first-order chi connectivity index (χ1) is 7.69. The van der Waals surface area contributed by atoms with Crippen LogP contribution in [0.5, 0.6) is 0 Å². The monoisotopic (exact) mass is 228 g/mol. The summed E-state index contributed by atoms with van der Waals surface area (Å²) in [4.78, 5) is 14.0. The number of nitrogens with zero attached hydrogens (tertiary/aromatic N) is 1. The molecule has 0 aliphatic heterocycles. The molecule has 0 aromatic carbocycles. The molecule has 16 heavy (non-hydrogen) atoms. The van der Waals surface area contributed by atoms with Crippen LogP contribution in [0.4, 0.5) is 0 Å².